The van der Waals surface area contributed by atoms with Crippen LogP contribution in [0.5, 0.6) is 0 Å². The van der Waals surface area contributed by atoms with Crippen molar-refractivity contribution >= 4 is 95.8 Å². The number of nitrogens with two attached hydrogens (primary N) is 1. The molecule has 106 valence electrons. The Morgan fingerprint density at radius 1 is 0.810 bits per heavy atom. The standard InChI is InChI=1S/C10H9NO6S2.2Na.2H/c11-6-4-8-7(10(5-6)19(15,16)17)2-1-3-9(8)18(12,13)14;;;;/h1-5H,11H2,(H,12,13,14)(H,15,16,17);;;;. The summed E-state index contributed by atoms with van der Waals surface area (Å²) in [4.78, 5) is -1.00. The molecule has 0 fully saturated rings. The normalized spacial score (nSPS) is 11.5. The van der Waals surface area contributed by atoms with Crippen molar-refractivity contribution in [3.8, 4) is 0 Å². The Labute approximate surface area is 166 Å². The summed E-state index contributed by atoms with van der Waals surface area (Å²) in [6, 6.07) is 5.85. The number of nitrogen functional groups attached to an aromatic ring is 1. The van der Waals surface area contributed by atoms with Crippen molar-refractivity contribution in [2.45, 2.75) is 9.79 Å². The van der Waals surface area contributed by atoms with Gasteiger partial charge in [0.2, 0.25) is 0 Å². The fourth-order valence-electron chi connectivity index (χ4n) is 1.78. The fourth-order valence-corrected chi connectivity index (χ4v) is 3.22. The third-order valence-electron chi connectivity index (χ3n) is 2.50. The van der Waals surface area contributed by atoms with Crippen molar-refractivity contribution in [2.75, 3.05) is 5.73 Å². The maximum absolute atomic E-state index is 11.2. The number of fused-ring (bicyclic) bond motifs is 1. The summed E-state index contributed by atoms with van der Waals surface area (Å²) in [5.74, 6) is 0. The van der Waals surface area contributed by atoms with E-state index in [1.54, 1.807) is 0 Å². The molecule has 11 heteroatoms. The molecule has 2 aromatic rings. The van der Waals surface area contributed by atoms with E-state index >= 15 is 0 Å². The van der Waals surface area contributed by atoms with Crippen LogP contribution in [0.15, 0.2) is 40.1 Å². The van der Waals surface area contributed by atoms with Crippen molar-refractivity contribution in [1.82, 2.24) is 0 Å². The first-order valence-corrected chi connectivity index (χ1v) is 7.76. The van der Waals surface area contributed by atoms with Crippen molar-refractivity contribution in [2.24, 2.45) is 0 Å². The first-order chi connectivity index (χ1) is 8.60. The zero-order valence-corrected chi connectivity index (χ0v) is 10.9. The van der Waals surface area contributed by atoms with Crippen LogP contribution in [0.1, 0.15) is 0 Å². The van der Waals surface area contributed by atoms with Gasteiger partial charge >= 0.3 is 59.1 Å². The van der Waals surface area contributed by atoms with Crippen LogP contribution in [0.25, 0.3) is 10.8 Å². The Morgan fingerprint density at radius 2 is 1.33 bits per heavy atom. The second-order valence-corrected chi connectivity index (χ2v) is 6.60. The van der Waals surface area contributed by atoms with Gasteiger partial charge in [0.25, 0.3) is 20.2 Å². The average molecular weight is 351 g/mol. The summed E-state index contributed by atoms with van der Waals surface area (Å²) in [7, 11) is -9.11. The Hall–Kier alpha value is 0.320. The van der Waals surface area contributed by atoms with E-state index in [-0.39, 0.29) is 75.6 Å². The molecule has 0 unspecified atom stereocenters. The minimum absolute atomic E-state index is 0. The van der Waals surface area contributed by atoms with Crippen LogP contribution in [0.2, 0.25) is 0 Å². The molecule has 2 rings (SSSR count). The van der Waals surface area contributed by atoms with Crippen LogP contribution in [-0.2, 0) is 20.2 Å². The van der Waals surface area contributed by atoms with Gasteiger partial charge in [-0.15, -0.1) is 0 Å². The third kappa shape index (κ3) is 4.64. The molecular formula is C10H11NNa2O6S2. The molecular weight excluding hydrogens is 340 g/mol. The van der Waals surface area contributed by atoms with Gasteiger partial charge in [0, 0.05) is 16.5 Å². The van der Waals surface area contributed by atoms with E-state index in [1.807, 2.05) is 0 Å². The zero-order chi connectivity index (χ0) is 14.4. The van der Waals surface area contributed by atoms with Gasteiger partial charge in [-0.25, -0.2) is 0 Å². The predicted octanol–water partition coefficient (Wildman–Crippen LogP) is -0.382. The van der Waals surface area contributed by atoms with E-state index in [1.165, 1.54) is 18.2 Å². The van der Waals surface area contributed by atoms with E-state index in [0.717, 1.165) is 12.1 Å². The maximum atomic E-state index is 11.2. The Bertz CT molecular complexity index is 880. The van der Waals surface area contributed by atoms with E-state index in [0.29, 0.717) is 0 Å². The molecule has 0 bridgehead atoms. The minimum atomic E-state index is -4.57. The van der Waals surface area contributed by atoms with Crippen LogP contribution < -0.4 is 5.73 Å². The molecule has 21 heavy (non-hydrogen) atoms. The Morgan fingerprint density at radius 3 is 1.81 bits per heavy atom. The van der Waals surface area contributed by atoms with Crippen LogP contribution in [0.3, 0.4) is 0 Å². The first-order valence-electron chi connectivity index (χ1n) is 4.88. The number of anilines is 1. The van der Waals surface area contributed by atoms with Gasteiger partial charge in [-0.2, -0.15) is 16.8 Å². The molecule has 0 aliphatic rings. The molecule has 0 aromatic heterocycles. The summed E-state index contributed by atoms with van der Waals surface area (Å²) >= 11 is 0. The Balaban J connectivity index is 0.00000200. The zero-order valence-electron chi connectivity index (χ0n) is 9.31. The topological polar surface area (TPSA) is 135 Å². The van der Waals surface area contributed by atoms with Crippen molar-refractivity contribution in [3.63, 3.8) is 0 Å². The monoisotopic (exact) mass is 351 g/mol. The van der Waals surface area contributed by atoms with Gasteiger partial charge in [0.05, 0.1) is 0 Å². The molecule has 0 saturated carbocycles. The molecule has 4 N–H and O–H groups in total. The molecule has 2 aromatic carbocycles. The number of rotatable bonds is 2. The molecule has 0 atom stereocenters. The van der Waals surface area contributed by atoms with Gasteiger partial charge < -0.3 is 5.73 Å². The molecule has 0 amide bonds. The fraction of sp³-hybridized carbons (Fsp3) is 0. The number of hydrogen-bond acceptors (Lipinski definition) is 5. The van der Waals surface area contributed by atoms with E-state index in [4.69, 9.17) is 14.8 Å². The number of hydrogen-bond donors (Lipinski definition) is 3. The van der Waals surface area contributed by atoms with Crippen LogP contribution in [-0.4, -0.2) is 85.1 Å². The summed E-state index contributed by atoms with van der Waals surface area (Å²) in [5, 5.41) is -0.135. The van der Waals surface area contributed by atoms with Crippen molar-refractivity contribution < 1.29 is 25.9 Å². The first kappa shape index (κ1) is 21.3. The summed E-state index contributed by atoms with van der Waals surface area (Å²) in [5.41, 5.74) is 5.42. The van der Waals surface area contributed by atoms with Gasteiger partial charge in [-0.1, -0.05) is 12.1 Å². The van der Waals surface area contributed by atoms with Gasteiger partial charge in [-0.3, -0.25) is 9.11 Å². The SMILES string of the molecule is Nc1cc(S(=O)(=O)O)c2cccc(S(=O)(=O)O)c2c1.[NaH].[NaH]. The summed E-state index contributed by atoms with van der Waals surface area (Å²) < 4.78 is 63.1. The van der Waals surface area contributed by atoms with Crippen LogP contribution in [0.4, 0.5) is 5.69 Å². The van der Waals surface area contributed by atoms with Crippen LogP contribution >= 0.6 is 0 Å². The second-order valence-electron chi connectivity index (χ2n) is 3.82. The molecule has 0 spiro atoms. The molecule has 0 saturated heterocycles. The molecule has 0 heterocycles. The van der Waals surface area contributed by atoms with E-state index < -0.39 is 30.0 Å². The summed E-state index contributed by atoms with van der Waals surface area (Å²) in [6.45, 7) is 0. The third-order valence-corrected chi connectivity index (χ3v) is 4.30. The molecule has 7 nitrogen and oxygen atoms in total. The molecule has 0 aliphatic carbocycles. The summed E-state index contributed by atoms with van der Waals surface area (Å²) in [6.07, 6.45) is 0. The van der Waals surface area contributed by atoms with E-state index in [2.05, 4.69) is 0 Å². The predicted molar refractivity (Wildman–Crippen MR) is 82.3 cm³/mol. The van der Waals surface area contributed by atoms with Gasteiger partial charge in [0.1, 0.15) is 9.79 Å². The van der Waals surface area contributed by atoms with Gasteiger partial charge in [0.15, 0.2) is 0 Å². The second kappa shape index (κ2) is 7.26. The molecule has 0 aliphatic heterocycles. The van der Waals surface area contributed by atoms with Crippen LogP contribution in [0, 0.1) is 0 Å². The quantitative estimate of drug-likeness (QED) is 0.381. The molecule has 0 radical (unpaired) electrons. The number of benzene rings is 2. The van der Waals surface area contributed by atoms with Crippen molar-refractivity contribution in [3.05, 3.63) is 30.3 Å². The van der Waals surface area contributed by atoms with Crippen molar-refractivity contribution in [1.29, 1.82) is 0 Å². The van der Waals surface area contributed by atoms with E-state index in [9.17, 15) is 16.8 Å². The average Bonchev–Trinajstić information content (AvgIpc) is 2.24. The van der Waals surface area contributed by atoms with Gasteiger partial charge in [-0.05, 0) is 18.2 Å². The Kier molecular flexibility index (Phi) is 7.37.